The van der Waals surface area contributed by atoms with E-state index in [0.717, 1.165) is 18.7 Å². The monoisotopic (exact) mass is 341 g/mol. The Morgan fingerprint density at radius 1 is 1.36 bits per heavy atom. The molecule has 2 saturated heterocycles. The van der Waals surface area contributed by atoms with Crippen molar-refractivity contribution < 1.29 is 9.90 Å². The number of hydrogen-bond acceptors (Lipinski definition) is 5. The van der Waals surface area contributed by atoms with E-state index in [1.165, 1.54) is 36.0 Å². The lowest BCUT2D eigenvalue weighted by Crippen LogP contribution is -2.44. The van der Waals surface area contributed by atoms with E-state index >= 15 is 0 Å². The Bertz CT molecular complexity index is 501. The minimum Gasteiger partial charge on any atom is -0.480 e. The Kier molecular flexibility index (Phi) is 5.71. The molecule has 3 rings (SSSR count). The smallest absolute Gasteiger partial charge is 0.325 e. The van der Waals surface area contributed by atoms with Gasteiger partial charge >= 0.3 is 5.97 Å². The molecule has 2 fully saturated rings. The Morgan fingerprint density at radius 3 is 2.86 bits per heavy atom. The summed E-state index contributed by atoms with van der Waals surface area (Å²) in [5.41, 5.74) is 1.08. The van der Waals surface area contributed by atoms with Crippen LogP contribution in [0.4, 0.5) is 0 Å². The molecule has 2 aliphatic rings. The first kappa shape index (κ1) is 16.2. The minimum atomic E-state index is -0.825. The molecule has 1 N–H and O–H groups in total. The number of nitrogens with zero attached hydrogens (tertiary/aromatic N) is 3. The quantitative estimate of drug-likeness (QED) is 0.904. The summed E-state index contributed by atoms with van der Waals surface area (Å²) in [5, 5.41) is 13.2. The van der Waals surface area contributed by atoms with Crippen LogP contribution >= 0.6 is 23.5 Å². The van der Waals surface area contributed by atoms with Crippen LogP contribution in [-0.2, 0) is 11.3 Å². The van der Waals surface area contributed by atoms with Gasteiger partial charge in [-0.1, -0.05) is 0 Å². The molecule has 7 heteroatoms. The number of carboxylic acid groups (broad SMARTS) is 1. The predicted octanol–water partition coefficient (Wildman–Crippen LogP) is 2.00. The number of piperidine rings is 1. The largest absolute Gasteiger partial charge is 0.480 e. The normalized spacial score (nSPS) is 25.0. The summed E-state index contributed by atoms with van der Waals surface area (Å²) >= 11 is 4.14. The van der Waals surface area contributed by atoms with Gasteiger partial charge in [-0.05, 0) is 25.5 Å². The first-order chi connectivity index (χ1) is 10.7. The van der Waals surface area contributed by atoms with Crippen molar-refractivity contribution in [2.24, 2.45) is 0 Å². The zero-order chi connectivity index (χ0) is 15.4. The van der Waals surface area contributed by atoms with E-state index < -0.39 is 5.97 Å². The van der Waals surface area contributed by atoms with Crippen molar-refractivity contribution in [2.75, 3.05) is 36.1 Å². The van der Waals surface area contributed by atoms with Gasteiger partial charge in [-0.15, -0.1) is 0 Å². The molecular weight excluding hydrogens is 318 g/mol. The maximum absolute atomic E-state index is 11.0. The molecule has 0 radical (unpaired) electrons. The standard InChI is InChI=1S/C15H23N3O2S2/c19-15(20)9-18-14(3-4-16-18)12-2-1-5-17(8-12)13-10-21-6-7-22-11-13/h3-4,12-13H,1-2,5-11H2,(H,19,20)/t12-/m0/s1. The van der Waals surface area contributed by atoms with Crippen LogP contribution in [0, 0.1) is 0 Å². The minimum absolute atomic E-state index is 0.0338. The van der Waals surface area contributed by atoms with Gasteiger partial charge in [0.1, 0.15) is 6.54 Å². The number of carboxylic acids is 1. The Morgan fingerprint density at radius 2 is 2.14 bits per heavy atom. The van der Waals surface area contributed by atoms with Gasteiger partial charge in [0.2, 0.25) is 0 Å². The van der Waals surface area contributed by atoms with Crippen LogP contribution in [0.15, 0.2) is 12.3 Å². The Hall–Kier alpha value is -0.660. The summed E-state index contributed by atoms with van der Waals surface area (Å²) in [4.78, 5) is 13.6. The highest BCUT2D eigenvalue weighted by molar-refractivity contribution is 8.03. The van der Waals surface area contributed by atoms with E-state index in [2.05, 4.69) is 33.5 Å². The summed E-state index contributed by atoms with van der Waals surface area (Å²) in [6, 6.07) is 2.66. The highest BCUT2D eigenvalue weighted by Gasteiger charge is 2.29. The topological polar surface area (TPSA) is 58.4 Å². The summed E-state index contributed by atoms with van der Waals surface area (Å²) in [6.45, 7) is 2.18. The van der Waals surface area contributed by atoms with Gasteiger partial charge in [-0.25, -0.2) is 0 Å². The SMILES string of the molecule is O=C(O)Cn1nccc1[C@H]1CCCN(C2CSCCSC2)C1. The first-order valence-electron chi connectivity index (χ1n) is 7.87. The summed E-state index contributed by atoms with van der Waals surface area (Å²) in [5.74, 6) is 4.58. The van der Waals surface area contributed by atoms with Gasteiger partial charge in [0.25, 0.3) is 0 Å². The van der Waals surface area contributed by atoms with E-state index in [0.29, 0.717) is 12.0 Å². The van der Waals surface area contributed by atoms with Crippen molar-refractivity contribution in [3.05, 3.63) is 18.0 Å². The third-order valence-corrected chi connectivity index (χ3v) is 6.90. The van der Waals surface area contributed by atoms with Crippen molar-refractivity contribution in [1.82, 2.24) is 14.7 Å². The molecule has 122 valence electrons. The van der Waals surface area contributed by atoms with Crippen LogP contribution in [0.3, 0.4) is 0 Å². The first-order valence-corrected chi connectivity index (χ1v) is 10.2. The molecule has 1 atom stereocenters. The second-order valence-electron chi connectivity index (χ2n) is 5.95. The van der Waals surface area contributed by atoms with Crippen LogP contribution < -0.4 is 0 Å². The number of aliphatic carboxylic acids is 1. The molecule has 22 heavy (non-hydrogen) atoms. The van der Waals surface area contributed by atoms with Crippen molar-refractivity contribution in [3.63, 3.8) is 0 Å². The summed E-state index contributed by atoms with van der Waals surface area (Å²) < 4.78 is 1.66. The Balaban J connectivity index is 1.67. The van der Waals surface area contributed by atoms with Crippen molar-refractivity contribution in [2.45, 2.75) is 31.3 Å². The van der Waals surface area contributed by atoms with Crippen LogP contribution in [0.2, 0.25) is 0 Å². The number of rotatable bonds is 4. The Labute approximate surface area is 139 Å². The average molecular weight is 342 g/mol. The lowest BCUT2D eigenvalue weighted by atomic mass is 9.94. The number of hydrogen-bond donors (Lipinski definition) is 1. The maximum Gasteiger partial charge on any atom is 0.325 e. The van der Waals surface area contributed by atoms with Crippen LogP contribution in [0.1, 0.15) is 24.5 Å². The molecular formula is C15H23N3O2S2. The van der Waals surface area contributed by atoms with Crippen molar-refractivity contribution in [1.29, 1.82) is 0 Å². The fourth-order valence-electron chi connectivity index (χ4n) is 3.34. The van der Waals surface area contributed by atoms with Crippen LogP contribution in [-0.4, -0.2) is 67.9 Å². The van der Waals surface area contributed by atoms with Crippen LogP contribution in [0.5, 0.6) is 0 Å². The van der Waals surface area contributed by atoms with Gasteiger partial charge in [-0.2, -0.15) is 28.6 Å². The second-order valence-corrected chi connectivity index (χ2v) is 8.24. The molecule has 2 aliphatic heterocycles. The van der Waals surface area contributed by atoms with Crippen molar-refractivity contribution >= 4 is 29.5 Å². The van der Waals surface area contributed by atoms with Gasteiger partial charge in [0.05, 0.1) is 0 Å². The molecule has 0 bridgehead atoms. The lowest BCUT2D eigenvalue weighted by Gasteiger charge is -2.37. The molecule has 1 aromatic rings. The highest BCUT2D eigenvalue weighted by atomic mass is 32.2. The fraction of sp³-hybridized carbons (Fsp3) is 0.733. The third kappa shape index (κ3) is 4.00. The van der Waals surface area contributed by atoms with Gasteiger partial charge < -0.3 is 5.11 Å². The molecule has 0 spiro atoms. The highest BCUT2D eigenvalue weighted by Crippen LogP contribution is 2.30. The van der Waals surface area contributed by atoms with Gasteiger partial charge in [0, 0.05) is 53.4 Å². The number of aromatic nitrogens is 2. The fourth-order valence-corrected chi connectivity index (χ4v) is 5.97. The van der Waals surface area contributed by atoms with Crippen molar-refractivity contribution in [3.8, 4) is 0 Å². The molecule has 0 amide bonds. The van der Waals surface area contributed by atoms with E-state index in [1.807, 2.05) is 6.07 Å². The zero-order valence-corrected chi connectivity index (χ0v) is 14.3. The average Bonchev–Trinajstić information content (AvgIpc) is 2.80. The maximum atomic E-state index is 11.0. The summed E-state index contributed by atoms with van der Waals surface area (Å²) in [6.07, 6.45) is 4.05. The van der Waals surface area contributed by atoms with E-state index in [-0.39, 0.29) is 6.54 Å². The molecule has 1 aromatic heterocycles. The number of likely N-dealkylation sites (tertiary alicyclic amines) is 1. The van der Waals surface area contributed by atoms with Crippen LogP contribution in [0.25, 0.3) is 0 Å². The molecule has 3 heterocycles. The summed E-state index contributed by atoms with van der Waals surface area (Å²) in [7, 11) is 0. The van der Waals surface area contributed by atoms with E-state index in [9.17, 15) is 4.79 Å². The second kappa shape index (κ2) is 7.75. The molecule has 0 saturated carbocycles. The van der Waals surface area contributed by atoms with E-state index in [4.69, 9.17) is 5.11 Å². The number of carbonyl (C=O) groups is 1. The van der Waals surface area contributed by atoms with Gasteiger partial charge in [0.15, 0.2) is 0 Å². The zero-order valence-electron chi connectivity index (χ0n) is 12.7. The predicted molar refractivity (Wildman–Crippen MR) is 91.8 cm³/mol. The molecule has 0 unspecified atom stereocenters. The molecule has 0 aliphatic carbocycles. The third-order valence-electron chi connectivity index (χ3n) is 4.41. The van der Waals surface area contributed by atoms with Gasteiger partial charge in [-0.3, -0.25) is 14.4 Å². The number of thioether (sulfide) groups is 2. The molecule has 0 aromatic carbocycles. The van der Waals surface area contributed by atoms with E-state index in [1.54, 1.807) is 10.9 Å². The molecule has 5 nitrogen and oxygen atoms in total. The lowest BCUT2D eigenvalue weighted by molar-refractivity contribution is -0.137.